The van der Waals surface area contributed by atoms with Crippen LogP contribution in [-0.4, -0.2) is 18.2 Å². The lowest BCUT2D eigenvalue weighted by atomic mass is 10.1. The predicted molar refractivity (Wildman–Crippen MR) is 133 cm³/mol. The van der Waals surface area contributed by atoms with Crippen LogP contribution in [0.15, 0.2) is 59.1 Å². The summed E-state index contributed by atoms with van der Waals surface area (Å²) < 4.78 is 12.2. The fourth-order valence-corrected chi connectivity index (χ4v) is 3.84. The first-order valence-corrected chi connectivity index (χ1v) is 10.9. The van der Waals surface area contributed by atoms with Crippen molar-refractivity contribution in [3.63, 3.8) is 0 Å². The van der Waals surface area contributed by atoms with Crippen LogP contribution in [0.2, 0.25) is 10.0 Å². The molecule has 0 saturated heterocycles. The van der Waals surface area contributed by atoms with E-state index < -0.39 is 5.97 Å². The molecule has 0 atom stereocenters. The minimum absolute atomic E-state index is 0. The van der Waals surface area contributed by atoms with Crippen LogP contribution in [0, 0.1) is 0 Å². The van der Waals surface area contributed by atoms with E-state index in [0.29, 0.717) is 41.2 Å². The van der Waals surface area contributed by atoms with Gasteiger partial charge in [-0.3, -0.25) is 0 Å². The molecular formula is C23H21BrCl3NO4. The van der Waals surface area contributed by atoms with Crippen molar-refractivity contribution in [3.8, 4) is 11.5 Å². The quantitative estimate of drug-likeness (QED) is 0.302. The molecule has 3 aromatic carbocycles. The Bertz CT molecular complexity index is 1080. The molecule has 3 rings (SSSR count). The minimum atomic E-state index is -0.932. The van der Waals surface area contributed by atoms with Crippen LogP contribution in [0.5, 0.6) is 11.5 Å². The van der Waals surface area contributed by atoms with Crippen LogP contribution in [0.25, 0.3) is 0 Å². The molecule has 2 N–H and O–H groups in total. The largest absolute Gasteiger partial charge is 0.493 e. The third kappa shape index (κ3) is 7.02. The highest BCUT2D eigenvalue weighted by atomic mass is 79.9. The summed E-state index contributed by atoms with van der Waals surface area (Å²) in [4.78, 5) is 10.9. The van der Waals surface area contributed by atoms with E-state index in [1.807, 2.05) is 18.2 Å². The molecule has 3 aromatic rings. The maximum absolute atomic E-state index is 10.9. The smallest absolute Gasteiger partial charge is 0.335 e. The molecule has 0 radical (unpaired) electrons. The Kier molecular flexibility index (Phi) is 10.1. The number of ether oxygens (including phenoxy) is 2. The van der Waals surface area contributed by atoms with E-state index in [1.54, 1.807) is 43.5 Å². The Labute approximate surface area is 211 Å². The van der Waals surface area contributed by atoms with Crippen molar-refractivity contribution in [1.82, 2.24) is 5.32 Å². The molecule has 170 valence electrons. The number of carbonyl (C=O) groups is 1. The van der Waals surface area contributed by atoms with Crippen LogP contribution in [0.1, 0.15) is 27.0 Å². The van der Waals surface area contributed by atoms with Crippen LogP contribution in [0.3, 0.4) is 0 Å². The number of aromatic carboxylic acids is 1. The lowest BCUT2D eigenvalue weighted by Crippen LogP contribution is -2.13. The van der Waals surface area contributed by atoms with Crippen LogP contribution in [-0.2, 0) is 19.7 Å². The third-order valence-corrected chi connectivity index (χ3v) is 5.84. The Balaban J connectivity index is 0.00000363. The van der Waals surface area contributed by atoms with Gasteiger partial charge in [-0.25, -0.2) is 4.79 Å². The third-order valence-electron chi connectivity index (χ3n) is 4.52. The van der Waals surface area contributed by atoms with Crippen LogP contribution >= 0.6 is 51.5 Å². The van der Waals surface area contributed by atoms with Gasteiger partial charge in [-0.05, 0) is 69.0 Å². The second-order valence-electron chi connectivity index (χ2n) is 6.75. The van der Waals surface area contributed by atoms with Crippen molar-refractivity contribution in [3.05, 3.63) is 91.4 Å². The second kappa shape index (κ2) is 12.3. The first kappa shape index (κ1) is 26.3. The highest BCUT2D eigenvalue weighted by Gasteiger charge is 2.13. The molecule has 9 heteroatoms. The maximum Gasteiger partial charge on any atom is 0.335 e. The van der Waals surface area contributed by atoms with Gasteiger partial charge in [0, 0.05) is 13.1 Å². The zero-order valence-electron chi connectivity index (χ0n) is 17.0. The fourth-order valence-electron chi connectivity index (χ4n) is 2.92. The topological polar surface area (TPSA) is 67.8 Å². The summed E-state index contributed by atoms with van der Waals surface area (Å²) in [6.45, 7) is 1.52. The summed E-state index contributed by atoms with van der Waals surface area (Å²) in [5, 5.41) is 13.3. The Morgan fingerprint density at radius 2 is 1.62 bits per heavy atom. The van der Waals surface area contributed by atoms with E-state index >= 15 is 0 Å². The van der Waals surface area contributed by atoms with Crippen LogP contribution in [0.4, 0.5) is 0 Å². The molecule has 0 aliphatic rings. The van der Waals surface area contributed by atoms with Gasteiger partial charge in [0.05, 0.1) is 27.2 Å². The number of carboxylic acids is 1. The number of hydrogen-bond acceptors (Lipinski definition) is 4. The highest BCUT2D eigenvalue weighted by Crippen LogP contribution is 2.37. The summed E-state index contributed by atoms with van der Waals surface area (Å²) in [7, 11) is 1.59. The number of carboxylic acid groups (broad SMARTS) is 1. The second-order valence-corrected chi connectivity index (χ2v) is 8.42. The van der Waals surface area contributed by atoms with Gasteiger partial charge in [-0.2, -0.15) is 0 Å². The molecule has 32 heavy (non-hydrogen) atoms. The van der Waals surface area contributed by atoms with Gasteiger partial charge in [0.25, 0.3) is 0 Å². The molecule has 0 saturated carbocycles. The number of nitrogens with one attached hydrogen (secondary N) is 1. The van der Waals surface area contributed by atoms with E-state index in [2.05, 4.69) is 21.2 Å². The van der Waals surface area contributed by atoms with E-state index in [9.17, 15) is 4.79 Å². The van der Waals surface area contributed by atoms with Gasteiger partial charge in [0.2, 0.25) is 0 Å². The number of hydrogen-bond donors (Lipinski definition) is 2. The number of methoxy groups -OCH3 is 1. The van der Waals surface area contributed by atoms with E-state index in [-0.39, 0.29) is 18.0 Å². The highest BCUT2D eigenvalue weighted by molar-refractivity contribution is 9.10. The van der Waals surface area contributed by atoms with E-state index in [1.165, 1.54) is 0 Å². The minimum Gasteiger partial charge on any atom is -0.493 e. The molecule has 0 amide bonds. The summed E-state index contributed by atoms with van der Waals surface area (Å²) in [5.74, 6) is 0.275. The van der Waals surface area contributed by atoms with Gasteiger partial charge < -0.3 is 19.9 Å². The summed E-state index contributed by atoms with van der Waals surface area (Å²) in [6, 6.07) is 16.0. The van der Waals surface area contributed by atoms with Gasteiger partial charge >= 0.3 is 5.97 Å². The molecule has 0 fully saturated rings. The Hall–Kier alpha value is -1.96. The summed E-state index contributed by atoms with van der Waals surface area (Å²) >= 11 is 15.6. The number of halogens is 4. The molecule has 0 heterocycles. The molecule has 0 aromatic heterocycles. The Morgan fingerprint density at radius 1 is 0.969 bits per heavy atom. The lowest BCUT2D eigenvalue weighted by Gasteiger charge is -2.15. The van der Waals surface area contributed by atoms with E-state index in [4.69, 9.17) is 37.8 Å². The monoisotopic (exact) mass is 559 g/mol. The van der Waals surface area contributed by atoms with E-state index in [0.717, 1.165) is 21.2 Å². The molecular weight excluding hydrogens is 541 g/mol. The van der Waals surface area contributed by atoms with Crippen molar-refractivity contribution in [1.29, 1.82) is 0 Å². The zero-order chi connectivity index (χ0) is 22.4. The molecule has 0 spiro atoms. The first-order valence-electron chi connectivity index (χ1n) is 9.33. The van der Waals surface area contributed by atoms with Gasteiger partial charge in [0.1, 0.15) is 6.61 Å². The first-order chi connectivity index (χ1) is 14.9. The number of benzene rings is 3. The van der Waals surface area contributed by atoms with Gasteiger partial charge in [0.15, 0.2) is 11.5 Å². The molecule has 0 unspecified atom stereocenters. The van der Waals surface area contributed by atoms with Crippen molar-refractivity contribution >= 4 is 57.5 Å². The molecule has 0 aliphatic carbocycles. The van der Waals surface area contributed by atoms with Crippen molar-refractivity contribution in [2.24, 2.45) is 0 Å². The number of rotatable bonds is 9. The fraction of sp³-hybridized carbons (Fsp3) is 0.174. The zero-order valence-corrected chi connectivity index (χ0v) is 20.9. The molecule has 0 bridgehead atoms. The average molecular weight is 562 g/mol. The van der Waals surface area contributed by atoms with Crippen LogP contribution < -0.4 is 14.8 Å². The molecule has 5 nitrogen and oxygen atoms in total. The van der Waals surface area contributed by atoms with Crippen molar-refractivity contribution < 1.29 is 19.4 Å². The lowest BCUT2D eigenvalue weighted by molar-refractivity contribution is 0.0697. The predicted octanol–water partition coefficient (Wildman–Crippen LogP) is 6.75. The standard InChI is InChI=1S/C23H20BrCl2NO4.ClH/c1-30-21-10-16(12-27-11-14-2-5-17(6-3-14)23(28)29)8-18(24)22(21)31-13-15-4-7-19(25)20(26)9-15;/h2-10,27H,11-13H2,1H3,(H,28,29);1H. The SMILES string of the molecule is COc1cc(CNCc2ccc(C(=O)O)cc2)cc(Br)c1OCc1ccc(Cl)c(Cl)c1.Cl. The summed E-state index contributed by atoms with van der Waals surface area (Å²) in [5.41, 5.74) is 3.17. The van der Waals surface area contributed by atoms with Gasteiger partial charge in [-0.1, -0.05) is 41.4 Å². The average Bonchev–Trinajstić information content (AvgIpc) is 2.75. The molecule has 0 aliphatic heterocycles. The van der Waals surface area contributed by atoms with Crippen molar-refractivity contribution in [2.45, 2.75) is 19.7 Å². The van der Waals surface area contributed by atoms with Gasteiger partial charge in [-0.15, -0.1) is 12.4 Å². The van der Waals surface area contributed by atoms with Crippen molar-refractivity contribution in [2.75, 3.05) is 7.11 Å². The Morgan fingerprint density at radius 3 is 2.25 bits per heavy atom. The normalized spacial score (nSPS) is 10.4. The summed E-state index contributed by atoms with van der Waals surface area (Å²) in [6.07, 6.45) is 0. The maximum atomic E-state index is 10.9.